The van der Waals surface area contributed by atoms with Crippen molar-refractivity contribution in [3.05, 3.63) is 59.7 Å². The molecular weight excluding hydrogens is 478 g/mol. The van der Waals surface area contributed by atoms with Gasteiger partial charge < -0.3 is 15.0 Å². The number of benzene rings is 2. The first-order chi connectivity index (χ1) is 17.0. The zero-order chi connectivity index (χ0) is 26.9. The van der Waals surface area contributed by atoms with Crippen molar-refractivity contribution < 1.29 is 22.7 Å². The smallest absolute Gasteiger partial charge is 0.244 e. The Balaban J connectivity index is 2.43. The molecular formula is C27H39N3O5S. The Kier molecular flexibility index (Phi) is 10.8. The third-order valence-corrected chi connectivity index (χ3v) is 7.01. The number of carbonyl (C=O) groups excluding carboxylic acids is 2. The predicted molar refractivity (Wildman–Crippen MR) is 143 cm³/mol. The molecule has 2 aromatic carbocycles. The summed E-state index contributed by atoms with van der Waals surface area (Å²) in [5, 5.41) is 2.92. The molecule has 0 aliphatic rings. The van der Waals surface area contributed by atoms with Crippen LogP contribution in [0.3, 0.4) is 0 Å². The third kappa shape index (κ3) is 8.26. The molecule has 0 fully saturated rings. The summed E-state index contributed by atoms with van der Waals surface area (Å²) in [5.41, 5.74) is 2.24. The minimum Gasteiger partial charge on any atom is -0.497 e. The van der Waals surface area contributed by atoms with Crippen molar-refractivity contribution in [3.63, 3.8) is 0 Å². The second-order valence-electron chi connectivity index (χ2n) is 9.23. The van der Waals surface area contributed by atoms with Gasteiger partial charge in [-0.05, 0) is 54.2 Å². The molecule has 9 heteroatoms. The number of amides is 2. The van der Waals surface area contributed by atoms with Crippen LogP contribution >= 0.6 is 0 Å². The van der Waals surface area contributed by atoms with Crippen LogP contribution in [0, 0.1) is 5.92 Å². The average Bonchev–Trinajstić information content (AvgIpc) is 2.85. The molecule has 0 radical (unpaired) electrons. The highest BCUT2D eigenvalue weighted by Gasteiger charge is 2.31. The summed E-state index contributed by atoms with van der Waals surface area (Å²) in [7, 11) is -2.20. The van der Waals surface area contributed by atoms with Crippen LogP contribution in [-0.2, 0) is 32.6 Å². The summed E-state index contributed by atoms with van der Waals surface area (Å²) < 4.78 is 31.8. The number of hydrogen-bond donors (Lipinski definition) is 1. The Hall–Kier alpha value is -3.07. The van der Waals surface area contributed by atoms with Crippen LogP contribution < -0.4 is 14.4 Å². The van der Waals surface area contributed by atoms with E-state index in [1.54, 1.807) is 31.4 Å². The molecule has 198 valence electrons. The highest BCUT2D eigenvalue weighted by atomic mass is 32.2. The fourth-order valence-corrected chi connectivity index (χ4v) is 4.67. The number of rotatable bonds is 13. The maximum absolute atomic E-state index is 13.7. The van der Waals surface area contributed by atoms with Gasteiger partial charge in [0.25, 0.3) is 0 Å². The van der Waals surface area contributed by atoms with Crippen molar-refractivity contribution in [1.29, 1.82) is 0 Å². The van der Waals surface area contributed by atoms with E-state index in [1.165, 1.54) is 4.90 Å². The number of ether oxygens (including phenoxy) is 1. The fraction of sp³-hybridized carbons (Fsp3) is 0.481. The molecule has 2 rings (SSSR count). The standard InChI is InChI=1S/C27H39N3O5S/c1-7-21-12-14-23(15-13-21)30(36(6,33)34)19-26(31)29(18-22-10-9-11-24(16-22)35-5)25(8-2)27(32)28-17-20(3)4/h9-16,20,25H,7-8,17-19H2,1-6H3,(H,28,32)/t25-/m1/s1. The SMILES string of the molecule is CCc1ccc(N(CC(=O)N(Cc2cccc(OC)c2)[C@H](CC)C(=O)NCC(C)C)S(C)(=O)=O)cc1. The van der Waals surface area contributed by atoms with Gasteiger partial charge in [-0.25, -0.2) is 8.42 Å². The van der Waals surface area contributed by atoms with Crippen LogP contribution in [0.4, 0.5) is 5.69 Å². The molecule has 0 unspecified atom stereocenters. The van der Waals surface area contributed by atoms with Crippen LogP contribution in [0.1, 0.15) is 45.2 Å². The lowest BCUT2D eigenvalue weighted by Gasteiger charge is -2.33. The Morgan fingerprint density at radius 3 is 2.22 bits per heavy atom. The number of methoxy groups -OCH3 is 1. The quantitative estimate of drug-likeness (QED) is 0.438. The molecule has 0 heterocycles. The number of anilines is 1. The zero-order valence-electron chi connectivity index (χ0n) is 22.2. The number of nitrogens with one attached hydrogen (secondary N) is 1. The molecule has 0 saturated carbocycles. The molecule has 0 saturated heterocycles. The van der Waals surface area contributed by atoms with Crippen LogP contribution in [-0.4, -0.2) is 57.6 Å². The van der Waals surface area contributed by atoms with E-state index in [1.807, 2.05) is 52.0 Å². The van der Waals surface area contributed by atoms with E-state index in [0.717, 1.165) is 28.1 Å². The second-order valence-corrected chi connectivity index (χ2v) is 11.1. The van der Waals surface area contributed by atoms with E-state index in [0.29, 0.717) is 24.4 Å². The molecule has 0 bridgehead atoms. The number of nitrogens with zero attached hydrogens (tertiary/aromatic N) is 2. The maximum Gasteiger partial charge on any atom is 0.244 e. The fourth-order valence-electron chi connectivity index (χ4n) is 3.82. The minimum atomic E-state index is -3.76. The molecule has 36 heavy (non-hydrogen) atoms. The van der Waals surface area contributed by atoms with Crippen molar-refractivity contribution in [2.75, 3.05) is 30.8 Å². The molecule has 0 aromatic heterocycles. The summed E-state index contributed by atoms with van der Waals surface area (Å²) in [5.74, 6) is 0.154. The van der Waals surface area contributed by atoms with Gasteiger partial charge in [0.2, 0.25) is 21.8 Å². The highest BCUT2D eigenvalue weighted by molar-refractivity contribution is 7.92. The van der Waals surface area contributed by atoms with Gasteiger partial charge in [-0.15, -0.1) is 0 Å². The number of sulfonamides is 1. The summed E-state index contributed by atoms with van der Waals surface area (Å²) in [6, 6.07) is 13.6. The van der Waals surface area contributed by atoms with E-state index < -0.39 is 28.5 Å². The van der Waals surface area contributed by atoms with Crippen molar-refractivity contribution >= 4 is 27.5 Å². The predicted octanol–water partition coefficient (Wildman–Crippen LogP) is 3.60. The Morgan fingerprint density at radius 1 is 1.03 bits per heavy atom. The number of carbonyl (C=O) groups is 2. The first kappa shape index (κ1) is 29.2. The second kappa shape index (κ2) is 13.3. The van der Waals surface area contributed by atoms with Gasteiger partial charge in [0.1, 0.15) is 18.3 Å². The van der Waals surface area contributed by atoms with Gasteiger partial charge in [0.15, 0.2) is 0 Å². The lowest BCUT2D eigenvalue weighted by molar-refractivity contribution is -0.140. The van der Waals surface area contributed by atoms with Crippen LogP contribution in [0.15, 0.2) is 48.5 Å². The third-order valence-electron chi connectivity index (χ3n) is 5.87. The van der Waals surface area contributed by atoms with Crippen molar-refractivity contribution in [2.45, 2.75) is 53.1 Å². The van der Waals surface area contributed by atoms with Crippen molar-refractivity contribution in [2.24, 2.45) is 5.92 Å². The van der Waals surface area contributed by atoms with Crippen LogP contribution in [0.2, 0.25) is 0 Å². The van der Waals surface area contributed by atoms with Gasteiger partial charge in [-0.2, -0.15) is 0 Å². The normalized spacial score (nSPS) is 12.2. The highest BCUT2D eigenvalue weighted by Crippen LogP contribution is 2.21. The summed E-state index contributed by atoms with van der Waals surface area (Å²) >= 11 is 0. The monoisotopic (exact) mass is 517 g/mol. The summed E-state index contributed by atoms with van der Waals surface area (Å²) in [6.07, 6.45) is 2.27. The summed E-state index contributed by atoms with van der Waals surface area (Å²) in [6.45, 7) is 8.04. The topological polar surface area (TPSA) is 96.0 Å². The Labute approximate surface area is 215 Å². The van der Waals surface area contributed by atoms with Gasteiger partial charge in [0, 0.05) is 13.1 Å². The minimum absolute atomic E-state index is 0.135. The van der Waals surface area contributed by atoms with E-state index in [-0.39, 0.29) is 18.4 Å². The summed E-state index contributed by atoms with van der Waals surface area (Å²) in [4.78, 5) is 28.3. The van der Waals surface area contributed by atoms with E-state index in [2.05, 4.69) is 5.32 Å². The largest absolute Gasteiger partial charge is 0.497 e. The number of aryl methyl sites for hydroxylation is 1. The maximum atomic E-state index is 13.7. The molecule has 0 aliphatic carbocycles. The van der Waals surface area contributed by atoms with Crippen molar-refractivity contribution in [1.82, 2.24) is 10.2 Å². The van der Waals surface area contributed by atoms with E-state index >= 15 is 0 Å². The first-order valence-electron chi connectivity index (χ1n) is 12.3. The molecule has 8 nitrogen and oxygen atoms in total. The first-order valence-corrected chi connectivity index (χ1v) is 14.1. The van der Waals surface area contributed by atoms with Gasteiger partial charge in [-0.1, -0.05) is 52.0 Å². The average molecular weight is 518 g/mol. The lowest BCUT2D eigenvalue weighted by atomic mass is 10.1. The van der Waals surface area contributed by atoms with E-state index in [4.69, 9.17) is 4.74 Å². The van der Waals surface area contributed by atoms with Gasteiger partial charge >= 0.3 is 0 Å². The molecule has 1 atom stereocenters. The van der Waals surface area contributed by atoms with Crippen molar-refractivity contribution in [3.8, 4) is 5.75 Å². The number of hydrogen-bond acceptors (Lipinski definition) is 5. The Bertz CT molecular complexity index is 1120. The molecule has 2 amide bonds. The van der Waals surface area contributed by atoms with Crippen LogP contribution in [0.25, 0.3) is 0 Å². The van der Waals surface area contributed by atoms with Crippen LogP contribution in [0.5, 0.6) is 5.75 Å². The Morgan fingerprint density at radius 2 is 1.69 bits per heavy atom. The molecule has 0 aliphatic heterocycles. The van der Waals surface area contributed by atoms with Gasteiger partial charge in [0.05, 0.1) is 19.1 Å². The van der Waals surface area contributed by atoms with E-state index in [9.17, 15) is 18.0 Å². The van der Waals surface area contributed by atoms with Gasteiger partial charge in [-0.3, -0.25) is 13.9 Å². The molecule has 0 spiro atoms. The molecule has 2 aromatic rings. The molecule has 1 N–H and O–H groups in total. The lowest BCUT2D eigenvalue weighted by Crippen LogP contribution is -2.52. The zero-order valence-corrected chi connectivity index (χ0v) is 23.0.